The summed E-state index contributed by atoms with van der Waals surface area (Å²) >= 11 is 0. The van der Waals surface area contributed by atoms with Crippen LogP contribution in [0, 0.1) is 16.0 Å². The highest BCUT2D eigenvalue weighted by atomic mass is 19.4. The van der Waals surface area contributed by atoms with Gasteiger partial charge in [0.25, 0.3) is 5.69 Å². The molecule has 0 unspecified atom stereocenters. The number of nitro benzene ring substituents is 1. The fourth-order valence-electron chi connectivity index (χ4n) is 2.69. The maximum absolute atomic E-state index is 13.2. The zero-order valence-electron chi connectivity index (χ0n) is 12.1. The molecule has 0 spiro atoms. The van der Waals surface area contributed by atoms with E-state index in [-0.39, 0.29) is 25.9 Å². The summed E-state index contributed by atoms with van der Waals surface area (Å²) in [5, 5.41) is 10.8. The monoisotopic (exact) mass is 357 g/mol. The lowest BCUT2D eigenvalue weighted by atomic mass is 9.95. The van der Waals surface area contributed by atoms with Gasteiger partial charge in [-0.1, -0.05) is 0 Å². The molecule has 0 bridgehead atoms. The number of nitro groups is 1. The average molecular weight is 357 g/mol. The first-order chi connectivity index (χ1) is 10.9. The van der Waals surface area contributed by atoms with Gasteiger partial charge in [-0.25, -0.2) is 0 Å². The molecule has 0 amide bonds. The third-order valence-electron chi connectivity index (χ3n) is 3.95. The van der Waals surface area contributed by atoms with Gasteiger partial charge in [-0.2, -0.15) is 26.3 Å². The average Bonchev–Trinajstić information content (AvgIpc) is 2.44. The molecule has 2 rings (SSSR count). The third kappa shape index (κ3) is 3.65. The second-order valence-corrected chi connectivity index (χ2v) is 5.49. The fraction of sp³-hybridized carbons (Fsp3) is 0.538. The van der Waals surface area contributed by atoms with Crippen LogP contribution in [0.15, 0.2) is 12.1 Å². The molecule has 0 saturated carbocycles. The number of rotatable bonds is 2. The molecular formula is C13H13F6N3O2. The van der Waals surface area contributed by atoms with Gasteiger partial charge in [0.15, 0.2) is 0 Å². The number of halogens is 6. The van der Waals surface area contributed by atoms with Crippen molar-refractivity contribution in [1.29, 1.82) is 0 Å². The summed E-state index contributed by atoms with van der Waals surface area (Å²) in [5.41, 5.74) is 2.34. The second kappa shape index (κ2) is 6.02. The highest BCUT2D eigenvalue weighted by Crippen LogP contribution is 2.43. The van der Waals surface area contributed by atoms with Crippen molar-refractivity contribution in [1.82, 2.24) is 0 Å². The van der Waals surface area contributed by atoms with E-state index in [1.54, 1.807) is 0 Å². The second-order valence-electron chi connectivity index (χ2n) is 5.49. The van der Waals surface area contributed by atoms with Crippen LogP contribution in [0.5, 0.6) is 0 Å². The summed E-state index contributed by atoms with van der Waals surface area (Å²) in [6.45, 7) is -0.491. The molecule has 0 radical (unpaired) electrons. The maximum Gasteiger partial charge on any atom is 0.418 e. The number of nitrogens with two attached hydrogens (primary N) is 1. The van der Waals surface area contributed by atoms with Crippen molar-refractivity contribution in [2.45, 2.75) is 25.2 Å². The molecule has 0 atom stereocenters. The molecule has 134 valence electrons. The van der Waals surface area contributed by atoms with Crippen LogP contribution >= 0.6 is 0 Å². The predicted octanol–water partition coefficient (Wildman–Crippen LogP) is 3.97. The Labute approximate surface area is 132 Å². The molecule has 1 aromatic rings. The van der Waals surface area contributed by atoms with Crippen LogP contribution < -0.4 is 10.6 Å². The lowest BCUT2D eigenvalue weighted by molar-refractivity contribution is -0.384. The summed E-state index contributed by atoms with van der Waals surface area (Å²) in [4.78, 5) is 10.9. The first-order valence-electron chi connectivity index (χ1n) is 6.88. The number of alkyl halides is 6. The van der Waals surface area contributed by atoms with Gasteiger partial charge in [-0.15, -0.1) is 0 Å². The number of nitrogens with zero attached hydrogens (tertiary/aromatic N) is 2. The highest BCUT2D eigenvalue weighted by molar-refractivity contribution is 5.71. The summed E-state index contributed by atoms with van der Waals surface area (Å²) in [6, 6.07) is 1.12. The number of piperidine rings is 1. The van der Waals surface area contributed by atoms with E-state index in [1.807, 2.05) is 0 Å². The van der Waals surface area contributed by atoms with Gasteiger partial charge in [-0.3, -0.25) is 10.1 Å². The molecule has 1 aromatic carbocycles. The molecule has 1 aliphatic heterocycles. The van der Waals surface area contributed by atoms with E-state index in [1.165, 1.54) is 0 Å². The number of anilines is 2. The first kappa shape index (κ1) is 18.1. The van der Waals surface area contributed by atoms with E-state index in [4.69, 9.17) is 5.73 Å². The lowest BCUT2D eigenvalue weighted by Gasteiger charge is -2.35. The van der Waals surface area contributed by atoms with Gasteiger partial charge in [0.05, 0.1) is 22.1 Å². The maximum atomic E-state index is 13.2. The standard InChI is InChI=1S/C13H13F6N3O2/c14-12(15,16)7-1-3-21(4-2-7)10-6-9(20)11(22(23)24)5-8(10)13(17,18)19/h5-7H,1-4,20H2. The van der Waals surface area contributed by atoms with Gasteiger partial charge >= 0.3 is 12.4 Å². The molecule has 0 aliphatic carbocycles. The molecule has 1 aliphatic rings. The Bertz CT molecular complexity index is 636. The van der Waals surface area contributed by atoms with Crippen molar-refractivity contribution < 1.29 is 31.3 Å². The zero-order chi connectivity index (χ0) is 18.3. The molecule has 1 saturated heterocycles. The molecule has 1 heterocycles. The largest absolute Gasteiger partial charge is 0.418 e. The zero-order valence-corrected chi connectivity index (χ0v) is 12.1. The van der Waals surface area contributed by atoms with E-state index in [0.717, 1.165) is 11.0 Å². The minimum Gasteiger partial charge on any atom is -0.393 e. The van der Waals surface area contributed by atoms with E-state index >= 15 is 0 Å². The van der Waals surface area contributed by atoms with Crippen LogP contribution in [0.1, 0.15) is 18.4 Å². The van der Waals surface area contributed by atoms with Gasteiger partial charge < -0.3 is 10.6 Å². The lowest BCUT2D eigenvalue weighted by Crippen LogP contribution is -2.39. The molecule has 1 fully saturated rings. The molecule has 0 aromatic heterocycles. The smallest absolute Gasteiger partial charge is 0.393 e. The van der Waals surface area contributed by atoms with Crippen molar-refractivity contribution in [3.63, 3.8) is 0 Å². The molecule has 2 N–H and O–H groups in total. The van der Waals surface area contributed by atoms with Gasteiger partial charge in [0, 0.05) is 19.2 Å². The molecule has 5 nitrogen and oxygen atoms in total. The fourth-order valence-corrected chi connectivity index (χ4v) is 2.69. The SMILES string of the molecule is Nc1cc(N2CCC(C(F)(F)F)CC2)c(C(F)(F)F)cc1[N+](=O)[O-]. The van der Waals surface area contributed by atoms with Crippen LogP contribution in [0.2, 0.25) is 0 Å². The van der Waals surface area contributed by atoms with Gasteiger partial charge in [0.2, 0.25) is 0 Å². The van der Waals surface area contributed by atoms with Crippen LogP contribution in [-0.2, 0) is 6.18 Å². The van der Waals surface area contributed by atoms with Gasteiger partial charge in [0.1, 0.15) is 5.69 Å². The Morgan fingerprint density at radius 2 is 1.67 bits per heavy atom. The first-order valence-corrected chi connectivity index (χ1v) is 6.88. The van der Waals surface area contributed by atoms with Crippen molar-refractivity contribution in [2.75, 3.05) is 23.7 Å². The van der Waals surface area contributed by atoms with Crippen LogP contribution in [0.25, 0.3) is 0 Å². The summed E-state index contributed by atoms with van der Waals surface area (Å²) in [5.74, 6) is -1.57. The Morgan fingerprint density at radius 1 is 1.12 bits per heavy atom. The molecule has 11 heteroatoms. The number of hydrogen-bond acceptors (Lipinski definition) is 4. The van der Waals surface area contributed by atoms with Crippen molar-refractivity contribution in [3.8, 4) is 0 Å². The highest BCUT2D eigenvalue weighted by Gasteiger charge is 2.43. The topological polar surface area (TPSA) is 72.4 Å². The van der Waals surface area contributed by atoms with Crippen LogP contribution in [0.3, 0.4) is 0 Å². The van der Waals surface area contributed by atoms with Crippen LogP contribution in [0.4, 0.5) is 43.4 Å². The van der Waals surface area contributed by atoms with Crippen molar-refractivity contribution >= 4 is 17.1 Å². The molecular weight excluding hydrogens is 344 g/mol. The summed E-state index contributed by atoms with van der Waals surface area (Å²) in [7, 11) is 0. The Balaban J connectivity index is 2.37. The molecule has 24 heavy (non-hydrogen) atoms. The van der Waals surface area contributed by atoms with E-state index < -0.39 is 45.8 Å². The van der Waals surface area contributed by atoms with Gasteiger partial charge in [-0.05, 0) is 18.9 Å². The normalized spacial score (nSPS) is 17.2. The summed E-state index contributed by atoms with van der Waals surface area (Å²) < 4.78 is 77.5. The Hall–Kier alpha value is -2.20. The van der Waals surface area contributed by atoms with E-state index in [2.05, 4.69) is 0 Å². The Kier molecular flexibility index (Phi) is 4.55. The van der Waals surface area contributed by atoms with Crippen molar-refractivity contribution in [2.24, 2.45) is 5.92 Å². The number of hydrogen-bond donors (Lipinski definition) is 1. The van der Waals surface area contributed by atoms with E-state index in [0.29, 0.717) is 6.07 Å². The predicted molar refractivity (Wildman–Crippen MR) is 73.5 cm³/mol. The Morgan fingerprint density at radius 3 is 2.08 bits per heavy atom. The number of benzene rings is 1. The van der Waals surface area contributed by atoms with Crippen molar-refractivity contribution in [3.05, 3.63) is 27.8 Å². The minimum atomic E-state index is -4.89. The number of nitrogen functional groups attached to an aromatic ring is 1. The van der Waals surface area contributed by atoms with Crippen LogP contribution in [-0.4, -0.2) is 24.2 Å². The minimum absolute atomic E-state index is 0.246. The quantitative estimate of drug-likeness (QED) is 0.376. The third-order valence-corrected chi connectivity index (χ3v) is 3.95. The summed E-state index contributed by atoms with van der Waals surface area (Å²) in [6.07, 6.45) is -9.99. The van der Waals surface area contributed by atoms with E-state index in [9.17, 15) is 36.5 Å².